The summed E-state index contributed by atoms with van der Waals surface area (Å²) in [7, 11) is -1.39. The van der Waals surface area contributed by atoms with Gasteiger partial charge in [-0.25, -0.2) is 0 Å². The van der Waals surface area contributed by atoms with E-state index in [0.717, 1.165) is 6.42 Å². The first-order chi connectivity index (χ1) is 24.0. The number of hydrogen-bond donors (Lipinski definition) is 0. The van der Waals surface area contributed by atoms with Crippen LogP contribution in [0, 0.1) is 0 Å². The van der Waals surface area contributed by atoms with Gasteiger partial charge >= 0.3 is 0 Å². The van der Waals surface area contributed by atoms with Gasteiger partial charge in [0.2, 0.25) is 0 Å². The van der Waals surface area contributed by atoms with Crippen molar-refractivity contribution in [2.24, 2.45) is 0 Å². The molecule has 2 aliphatic rings. The molecule has 0 fully saturated rings. The van der Waals surface area contributed by atoms with E-state index in [-0.39, 0.29) is 0 Å². The Morgan fingerprint density at radius 1 is 0.429 bits per heavy atom. The molecule has 8 rings (SSSR count). The quantitative estimate of drug-likeness (QED) is 0.135. The lowest BCUT2D eigenvalue weighted by Gasteiger charge is -2.26. The van der Waals surface area contributed by atoms with Crippen molar-refractivity contribution in [3.8, 4) is 0 Å². The summed E-state index contributed by atoms with van der Waals surface area (Å²) in [5.41, 5.74) is 8.48. The molecule has 0 amide bonds. The summed E-state index contributed by atoms with van der Waals surface area (Å²) in [4.78, 5) is 0. The molecular formula is C45H36Br2P2. The minimum atomic E-state index is -0.697. The van der Waals surface area contributed by atoms with E-state index in [1.165, 1.54) is 74.2 Å². The lowest BCUT2D eigenvalue weighted by atomic mass is 9.82. The molecule has 0 nitrogen and oxygen atoms in total. The van der Waals surface area contributed by atoms with Crippen LogP contribution < -0.4 is 31.8 Å². The van der Waals surface area contributed by atoms with Gasteiger partial charge in [0.25, 0.3) is 0 Å². The molecule has 4 heteroatoms. The molecule has 0 heterocycles. The maximum Gasteiger partial charge on any atom is 0.0257 e. The fourth-order valence-electron chi connectivity index (χ4n) is 7.60. The van der Waals surface area contributed by atoms with E-state index in [9.17, 15) is 0 Å². The van der Waals surface area contributed by atoms with Crippen LogP contribution in [0.1, 0.15) is 54.4 Å². The van der Waals surface area contributed by atoms with Crippen molar-refractivity contribution in [1.29, 1.82) is 0 Å². The highest BCUT2D eigenvalue weighted by molar-refractivity contribution is 9.10. The van der Waals surface area contributed by atoms with Gasteiger partial charge in [-0.15, -0.1) is 0 Å². The Balaban J connectivity index is 1.19. The van der Waals surface area contributed by atoms with E-state index in [1.807, 2.05) is 0 Å². The standard InChI is InChI=1S/C45H36Br2P2/c1-30-23-42-40(25-36(27-44(42)46)48(32-15-7-3-8-16-32)33-17-9-4-10-18-33)38(30)29-39-31(2)24-43-41(39)26-37(28-45(43)47)49(34-19-11-5-12-20-34)35-21-13-6-14-22-35/h3-28,38-39H,29H2,1-2H3. The third-order valence-corrected chi connectivity index (χ3v) is 16.1. The summed E-state index contributed by atoms with van der Waals surface area (Å²) in [5, 5.41) is 8.30. The molecule has 6 aromatic rings. The second kappa shape index (κ2) is 14.1. The van der Waals surface area contributed by atoms with Gasteiger partial charge in [-0.3, -0.25) is 0 Å². The Morgan fingerprint density at radius 3 is 1.04 bits per heavy atom. The molecule has 49 heavy (non-hydrogen) atoms. The summed E-state index contributed by atoms with van der Waals surface area (Å²) in [6.07, 6.45) is 5.90. The third-order valence-electron chi connectivity index (χ3n) is 9.93. The largest absolute Gasteiger partial charge is 0.0651 e. The lowest BCUT2D eigenvalue weighted by Crippen LogP contribution is -2.22. The molecule has 2 unspecified atom stereocenters. The fourth-order valence-corrected chi connectivity index (χ4v) is 13.9. The van der Waals surface area contributed by atoms with Crippen molar-refractivity contribution in [2.75, 3.05) is 0 Å². The molecule has 240 valence electrons. The molecule has 0 bridgehead atoms. The van der Waals surface area contributed by atoms with Crippen molar-refractivity contribution in [1.82, 2.24) is 0 Å². The SMILES string of the molecule is CC1=Cc2c(Br)cc(P(c3ccccc3)c3ccccc3)cc2C1CC1C(C)=Cc2c(Br)cc(P(c3ccccc3)c3ccccc3)cc21. The first-order valence-electron chi connectivity index (χ1n) is 16.8. The second-order valence-corrected chi connectivity index (χ2v) is 19.1. The van der Waals surface area contributed by atoms with Gasteiger partial charge < -0.3 is 0 Å². The third kappa shape index (κ3) is 6.39. The molecule has 0 aliphatic heterocycles. The zero-order valence-corrected chi connectivity index (χ0v) is 32.5. The smallest absolute Gasteiger partial charge is 0.0257 e. The van der Waals surface area contributed by atoms with Gasteiger partial charge in [0, 0.05) is 20.8 Å². The predicted molar refractivity (Wildman–Crippen MR) is 223 cm³/mol. The number of allylic oxidation sites excluding steroid dienone is 2. The van der Waals surface area contributed by atoms with Gasteiger partial charge in [0.05, 0.1) is 0 Å². The number of rotatable bonds is 8. The summed E-state index contributed by atoms with van der Waals surface area (Å²) < 4.78 is 2.39. The van der Waals surface area contributed by atoms with Crippen molar-refractivity contribution in [3.63, 3.8) is 0 Å². The number of halogens is 2. The molecule has 2 aliphatic carbocycles. The number of fused-ring (bicyclic) bond motifs is 2. The highest BCUT2D eigenvalue weighted by atomic mass is 79.9. The molecule has 6 aromatic carbocycles. The van der Waals surface area contributed by atoms with E-state index in [0.29, 0.717) is 11.8 Å². The molecule has 0 aromatic heterocycles. The highest BCUT2D eigenvalue weighted by Gasteiger charge is 2.34. The van der Waals surface area contributed by atoms with Crippen LogP contribution in [0.25, 0.3) is 12.2 Å². The van der Waals surface area contributed by atoms with Crippen LogP contribution in [0.15, 0.2) is 166 Å². The van der Waals surface area contributed by atoms with E-state index in [4.69, 9.17) is 0 Å². The molecule has 0 N–H and O–H groups in total. The van der Waals surface area contributed by atoms with Gasteiger partial charge in [0.1, 0.15) is 0 Å². The maximum atomic E-state index is 4.05. The number of hydrogen-bond acceptors (Lipinski definition) is 0. The molecule has 2 atom stereocenters. The topological polar surface area (TPSA) is 0 Å². The van der Waals surface area contributed by atoms with Crippen molar-refractivity contribution in [2.45, 2.75) is 32.1 Å². The molecular weight excluding hydrogens is 762 g/mol. The van der Waals surface area contributed by atoms with Crippen LogP contribution in [-0.2, 0) is 0 Å². The van der Waals surface area contributed by atoms with Crippen LogP contribution in [0.5, 0.6) is 0 Å². The minimum absolute atomic E-state index is 0.348. The lowest BCUT2D eigenvalue weighted by molar-refractivity contribution is 0.643. The van der Waals surface area contributed by atoms with Crippen LogP contribution in [0.4, 0.5) is 0 Å². The van der Waals surface area contributed by atoms with Crippen LogP contribution >= 0.6 is 47.7 Å². The van der Waals surface area contributed by atoms with Gasteiger partial charge in [-0.05, 0) is 114 Å². The Hall–Kier alpha value is -3.38. The van der Waals surface area contributed by atoms with Crippen LogP contribution in [0.2, 0.25) is 0 Å². The van der Waals surface area contributed by atoms with E-state index < -0.39 is 15.8 Å². The zero-order valence-electron chi connectivity index (χ0n) is 27.5. The minimum Gasteiger partial charge on any atom is -0.0651 e. The molecule has 0 saturated carbocycles. The first kappa shape index (κ1) is 32.8. The zero-order chi connectivity index (χ0) is 33.5. The van der Waals surface area contributed by atoms with E-state index >= 15 is 0 Å². The predicted octanol–water partition coefficient (Wildman–Crippen LogP) is 10.8. The maximum absolute atomic E-state index is 4.05. The summed E-state index contributed by atoms with van der Waals surface area (Å²) in [6, 6.07) is 54.0. The summed E-state index contributed by atoms with van der Waals surface area (Å²) >= 11 is 8.09. The summed E-state index contributed by atoms with van der Waals surface area (Å²) in [6.45, 7) is 4.67. The molecule has 0 spiro atoms. The van der Waals surface area contributed by atoms with Gasteiger partial charge in [0.15, 0.2) is 0 Å². The highest BCUT2D eigenvalue weighted by Crippen LogP contribution is 2.51. The van der Waals surface area contributed by atoms with Crippen LogP contribution in [0.3, 0.4) is 0 Å². The Bertz CT molecular complexity index is 1960. The molecule has 0 radical (unpaired) electrons. The molecule has 0 saturated heterocycles. The average Bonchev–Trinajstić information content (AvgIpc) is 3.62. The Labute approximate surface area is 309 Å². The number of benzene rings is 6. The van der Waals surface area contributed by atoms with E-state index in [1.54, 1.807) is 0 Å². The van der Waals surface area contributed by atoms with Crippen molar-refractivity contribution >= 4 is 91.7 Å². The summed E-state index contributed by atoms with van der Waals surface area (Å²) in [5.74, 6) is 0.697. The van der Waals surface area contributed by atoms with Gasteiger partial charge in [-0.2, -0.15) is 0 Å². The fraction of sp³-hybridized carbons (Fsp3) is 0.111. The van der Waals surface area contributed by atoms with Crippen molar-refractivity contribution in [3.05, 3.63) is 188 Å². The second-order valence-electron chi connectivity index (χ2n) is 13.0. The van der Waals surface area contributed by atoms with E-state index in [2.05, 4.69) is 203 Å². The average molecular weight is 799 g/mol. The first-order valence-corrected chi connectivity index (χ1v) is 21.1. The normalized spacial score (nSPS) is 16.4. The Kier molecular flexibility index (Phi) is 9.43. The van der Waals surface area contributed by atoms with Crippen LogP contribution in [-0.4, -0.2) is 0 Å². The monoisotopic (exact) mass is 796 g/mol. The van der Waals surface area contributed by atoms with Crippen molar-refractivity contribution < 1.29 is 0 Å². The van der Waals surface area contributed by atoms with Gasteiger partial charge in [-0.1, -0.05) is 176 Å². The Morgan fingerprint density at radius 2 is 0.735 bits per heavy atom.